The van der Waals surface area contributed by atoms with Crippen LogP contribution in [0, 0.1) is 16.4 Å². The summed E-state index contributed by atoms with van der Waals surface area (Å²) in [5.74, 6) is -1.67. The third kappa shape index (κ3) is 2.27. The topological polar surface area (TPSA) is 24.0 Å². The minimum Gasteiger partial charge on any atom is -0.330 e. The molecule has 0 amide bonds. The minimum atomic E-state index is -0.839. The maximum atomic E-state index is 14.1. The van der Waals surface area contributed by atoms with Crippen LogP contribution in [0.3, 0.4) is 0 Å². The van der Waals surface area contributed by atoms with Crippen LogP contribution in [-0.2, 0) is 0 Å². The lowest BCUT2D eigenvalue weighted by molar-refractivity contribution is 0.288. The van der Waals surface area contributed by atoms with E-state index in [0.29, 0.717) is 10.3 Å². The van der Waals surface area contributed by atoms with Gasteiger partial charge in [0.25, 0.3) is 0 Å². The second-order valence-electron chi connectivity index (χ2n) is 5.41. The average Bonchev–Trinajstić information content (AvgIpc) is 3.01. The second-order valence-corrected chi connectivity index (χ2v) is 5.80. The molecule has 0 spiro atoms. The molecule has 108 valence electrons. The zero-order valence-corrected chi connectivity index (χ0v) is 12.1. The molecule has 1 atom stereocenters. The van der Waals surface area contributed by atoms with Gasteiger partial charge in [0.1, 0.15) is 5.52 Å². The van der Waals surface area contributed by atoms with Crippen molar-refractivity contribution in [2.75, 3.05) is 19.6 Å². The maximum Gasteiger partial charge on any atom is 0.184 e. The van der Waals surface area contributed by atoms with Crippen LogP contribution < -0.4 is 0 Å². The molecule has 1 N–H and O–H groups in total. The van der Waals surface area contributed by atoms with Gasteiger partial charge in [-0.25, -0.2) is 8.78 Å². The molecule has 0 radical (unpaired) electrons. The quantitative estimate of drug-likeness (QED) is 0.875. The average molecular weight is 297 g/mol. The highest BCUT2D eigenvalue weighted by Gasteiger charge is 2.20. The molecule has 20 heavy (non-hydrogen) atoms. The van der Waals surface area contributed by atoms with Crippen LogP contribution >= 0.6 is 12.2 Å². The lowest BCUT2D eigenvalue weighted by Gasteiger charge is -2.22. The van der Waals surface area contributed by atoms with Gasteiger partial charge in [-0.15, -0.1) is 0 Å². The summed E-state index contributed by atoms with van der Waals surface area (Å²) in [5, 5.41) is 0. The molecule has 0 aliphatic carbocycles. The number of nitrogens with one attached hydrogen (secondary N) is 1. The van der Waals surface area contributed by atoms with E-state index >= 15 is 0 Å². The van der Waals surface area contributed by atoms with Crippen molar-refractivity contribution in [1.29, 1.82) is 0 Å². The monoisotopic (exact) mass is 297 g/mol. The third-order valence-electron chi connectivity index (χ3n) is 3.93. The Labute approximate surface area is 121 Å². The number of hydrogen-bond donors (Lipinski definition) is 1. The first-order valence-electron chi connectivity index (χ1n) is 6.88. The predicted octanol–water partition coefficient (Wildman–Crippen LogP) is 3.63. The summed E-state index contributed by atoms with van der Waals surface area (Å²) in [4.78, 5) is 5.29. The second kappa shape index (κ2) is 5.26. The summed E-state index contributed by atoms with van der Waals surface area (Å²) < 4.78 is 29.7. The number of halogens is 2. The number of benzene rings is 1. The van der Waals surface area contributed by atoms with Gasteiger partial charge in [0, 0.05) is 12.6 Å². The van der Waals surface area contributed by atoms with E-state index in [0.717, 1.165) is 25.7 Å². The number of fused-ring (bicyclic) bond motifs is 1. The van der Waals surface area contributed by atoms with E-state index in [9.17, 15) is 8.78 Å². The Morgan fingerprint density at radius 1 is 1.30 bits per heavy atom. The lowest BCUT2D eigenvalue weighted by Crippen LogP contribution is -2.27. The third-order valence-corrected chi connectivity index (χ3v) is 4.23. The number of aromatic nitrogens is 2. The van der Waals surface area contributed by atoms with Crippen molar-refractivity contribution < 1.29 is 8.78 Å². The summed E-state index contributed by atoms with van der Waals surface area (Å²) in [5.41, 5.74) is 0.781. The van der Waals surface area contributed by atoms with Gasteiger partial charge < -0.3 is 14.5 Å². The van der Waals surface area contributed by atoms with E-state index in [4.69, 9.17) is 12.2 Å². The zero-order chi connectivity index (χ0) is 14.3. The van der Waals surface area contributed by atoms with Crippen molar-refractivity contribution in [3.05, 3.63) is 28.5 Å². The van der Waals surface area contributed by atoms with Gasteiger partial charge >= 0.3 is 0 Å². The van der Waals surface area contributed by atoms with E-state index in [-0.39, 0.29) is 11.6 Å². The normalized spacial score (nSPS) is 17.9. The molecular weight excluding hydrogens is 280 g/mol. The molecule has 0 saturated carbocycles. The van der Waals surface area contributed by atoms with E-state index < -0.39 is 11.6 Å². The van der Waals surface area contributed by atoms with Gasteiger partial charge in [-0.2, -0.15) is 0 Å². The number of likely N-dealkylation sites (tertiary alicyclic amines) is 1. The van der Waals surface area contributed by atoms with E-state index in [2.05, 4.69) is 9.88 Å². The first-order valence-corrected chi connectivity index (χ1v) is 7.29. The van der Waals surface area contributed by atoms with Crippen molar-refractivity contribution in [1.82, 2.24) is 14.5 Å². The SMILES string of the molecule is CC(CN1CCCC1)n1c(=S)[nH]c2ccc(F)c(F)c21. The number of hydrogen-bond acceptors (Lipinski definition) is 2. The van der Waals surface area contributed by atoms with Crippen molar-refractivity contribution >= 4 is 23.3 Å². The van der Waals surface area contributed by atoms with Crippen molar-refractivity contribution in [3.8, 4) is 0 Å². The highest BCUT2D eigenvalue weighted by atomic mass is 32.1. The van der Waals surface area contributed by atoms with Crippen molar-refractivity contribution in [3.63, 3.8) is 0 Å². The lowest BCUT2D eigenvalue weighted by atomic mass is 10.2. The van der Waals surface area contributed by atoms with Crippen LogP contribution in [0.4, 0.5) is 8.78 Å². The summed E-state index contributed by atoms with van der Waals surface area (Å²) in [6, 6.07) is 2.66. The van der Waals surface area contributed by atoms with Gasteiger partial charge in [-0.3, -0.25) is 0 Å². The molecule has 3 rings (SSSR count). The Balaban J connectivity index is 2.03. The Hall–Kier alpha value is -1.27. The van der Waals surface area contributed by atoms with E-state index in [1.165, 1.54) is 18.9 Å². The number of aromatic amines is 1. The predicted molar refractivity (Wildman–Crippen MR) is 77.4 cm³/mol. The summed E-state index contributed by atoms with van der Waals surface area (Å²) in [6.45, 7) is 4.93. The Morgan fingerprint density at radius 3 is 2.70 bits per heavy atom. The van der Waals surface area contributed by atoms with Gasteiger partial charge in [-0.05, 0) is 57.2 Å². The molecule has 1 aliphatic rings. The van der Waals surface area contributed by atoms with Crippen LogP contribution in [0.25, 0.3) is 11.0 Å². The molecule has 3 nitrogen and oxygen atoms in total. The molecule has 1 saturated heterocycles. The fourth-order valence-corrected chi connectivity index (χ4v) is 3.38. The Bertz CT molecular complexity index is 686. The van der Waals surface area contributed by atoms with E-state index in [1.54, 1.807) is 4.57 Å². The summed E-state index contributed by atoms with van der Waals surface area (Å²) >= 11 is 5.27. The summed E-state index contributed by atoms with van der Waals surface area (Å²) in [6.07, 6.45) is 2.41. The fourth-order valence-electron chi connectivity index (χ4n) is 2.99. The van der Waals surface area contributed by atoms with Gasteiger partial charge in [-0.1, -0.05) is 0 Å². The number of H-pyrrole nitrogens is 1. The van der Waals surface area contributed by atoms with Crippen LogP contribution in [0.2, 0.25) is 0 Å². The van der Waals surface area contributed by atoms with Crippen LogP contribution in [-0.4, -0.2) is 34.1 Å². The minimum absolute atomic E-state index is 0.00523. The number of nitrogens with zero attached hydrogens (tertiary/aromatic N) is 2. The molecular formula is C14H17F2N3S. The molecule has 1 aliphatic heterocycles. The molecule has 1 aromatic heterocycles. The molecule has 2 aromatic rings. The molecule has 1 fully saturated rings. The molecule has 2 heterocycles. The first-order chi connectivity index (χ1) is 9.58. The Morgan fingerprint density at radius 2 is 2.00 bits per heavy atom. The van der Waals surface area contributed by atoms with Gasteiger partial charge in [0.2, 0.25) is 0 Å². The van der Waals surface area contributed by atoms with Crippen LogP contribution in [0.5, 0.6) is 0 Å². The fraction of sp³-hybridized carbons (Fsp3) is 0.500. The summed E-state index contributed by atoms with van der Waals surface area (Å²) in [7, 11) is 0. The molecule has 6 heteroatoms. The van der Waals surface area contributed by atoms with E-state index in [1.807, 2.05) is 6.92 Å². The Kier molecular flexibility index (Phi) is 3.60. The van der Waals surface area contributed by atoms with Gasteiger partial charge in [0.05, 0.1) is 5.52 Å². The van der Waals surface area contributed by atoms with Gasteiger partial charge in [0.15, 0.2) is 16.4 Å². The highest BCUT2D eigenvalue weighted by molar-refractivity contribution is 7.71. The van der Waals surface area contributed by atoms with Crippen molar-refractivity contribution in [2.45, 2.75) is 25.8 Å². The standard InChI is InChI=1S/C14H17F2N3S/c1-9(8-18-6-2-3-7-18)19-13-11(17-14(19)20)5-4-10(15)12(13)16/h4-5,9H,2-3,6-8H2,1H3,(H,17,20). The van der Waals surface area contributed by atoms with Crippen molar-refractivity contribution in [2.24, 2.45) is 0 Å². The molecule has 1 unspecified atom stereocenters. The van der Waals surface area contributed by atoms with Crippen LogP contribution in [0.15, 0.2) is 12.1 Å². The first kappa shape index (κ1) is 13.7. The largest absolute Gasteiger partial charge is 0.330 e. The zero-order valence-electron chi connectivity index (χ0n) is 11.3. The highest BCUT2D eigenvalue weighted by Crippen LogP contribution is 2.25. The maximum absolute atomic E-state index is 14.1. The molecule has 1 aromatic carbocycles. The van der Waals surface area contributed by atoms with Crippen LogP contribution in [0.1, 0.15) is 25.8 Å². The smallest absolute Gasteiger partial charge is 0.184 e. The molecule has 0 bridgehead atoms. The number of imidazole rings is 1. The number of rotatable bonds is 3.